The lowest BCUT2D eigenvalue weighted by Crippen LogP contribution is -2.25. The number of likely N-dealkylation sites (N-methyl/N-ethyl adjacent to an activating group) is 1. The van der Waals surface area contributed by atoms with Crippen molar-refractivity contribution in [1.29, 1.82) is 0 Å². The molecule has 0 atom stereocenters. The van der Waals surface area contributed by atoms with Crippen molar-refractivity contribution in [2.45, 2.75) is 20.0 Å². The Morgan fingerprint density at radius 1 is 1.50 bits per heavy atom. The molecule has 0 bridgehead atoms. The Bertz CT molecular complexity index is 419. The summed E-state index contributed by atoms with van der Waals surface area (Å²) in [4.78, 5) is 12.9. The number of nitrogens with zero attached hydrogens (tertiary/aromatic N) is 1. The van der Waals surface area contributed by atoms with Gasteiger partial charge in [0.05, 0.1) is 29.6 Å². The van der Waals surface area contributed by atoms with E-state index < -0.39 is 5.97 Å². The van der Waals surface area contributed by atoms with E-state index >= 15 is 0 Å². The van der Waals surface area contributed by atoms with Crippen LogP contribution in [-0.2, 0) is 4.74 Å². The lowest BCUT2D eigenvalue weighted by atomic mass is 10.1. The molecule has 0 aliphatic rings. The normalized spacial score (nSPS) is 10.7. The van der Waals surface area contributed by atoms with Gasteiger partial charge in [-0.3, -0.25) is 0 Å². The lowest BCUT2D eigenvalue weighted by Gasteiger charge is -2.22. The van der Waals surface area contributed by atoms with Crippen molar-refractivity contribution in [1.82, 2.24) is 0 Å². The molecule has 0 saturated carbocycles. The Kier molecular flexibility index (Phi) is 4.97. The van der Waals surface area contributed by atoms with Gasteiger partial charge in [-0.1, -0.05) is 6.07 Å². The number of rotatable bonds is 6. The molecule has 5 heteroatoms. The van der Waals surface area contributed by atoms with E-state index in [0.717, 1.165) is 0 Å². The summed E-state index contributed by atoms with van der Waals surface area (Å²) < 4.78 is 5.45. The molecule has 1 aromatic rings. The zero-order valence-electron chi connectivity index (χ0n) is 11.0. The molecule has 5 nitrogen and oxygen atoms in total. The van der Waals surface area contributed by atoms with E-state index in [1.807, 2.05) is 25.8 Å². The van der Waals surface area contributed by atoms with Crippen LogP contribution in [0.25, 0.3) is 0 Å². The number of ether oxygens (including phenoxy) is 1. The second-order valence-electron chi connectivity index (χ2n) is 4.38. The molecule has 100 valence electrons. The quantitative estimate of drug-likeness (QED) is 0.755. The number of carbonyl (C=O) groups is 1. The van der Waals surface area contributed by atoms with E-state index in [9.17, 15) is 4.79 Å². The number of carboxylic acids is 1. The Hall–Kier alpha value is -1.75. The third-order valence-electron chi connectivity index (χ3n) is 2.60. The van der Waals surface area contributed by atoms with Gasteiger partial charge in [-0.05, 0) is 26.0 Å². The van der Waals surface area contributed by atoms with E-state index in [0.29, 0.717) is 18.8 Å². The van der Waals surface area contributed by atoms with Gasteiger partial charge in [0.15, 0.2) is 0 Å². The fourth-order valence-corrected chi connectivity index (χ4v) is 1.62. The number of benzene rings is 1. The van der Waals surface area contributed by atoms with Gasteiger partial charge in [-0.2, -0.15) is 0 Å². The first-order valence-corrected chi connectivity index (χ1v) is 5.88. The average Bonchev–Trinajstić information content (AvgIpc) is 2.28. The zero-order chi connectivity index (χ0) is 13.7. The molecule has 0 aliphatic carbocycles. The van der Waals surface area contributed by atoms with Crippen LogP contribution in [0, 0.1) is 0 Å². The lowest BCUT2D eigenvalue weighted by molar-refractivity contribution is 0.0698. The van der Waals surface area contributed by atoms with E-state index in [2.05, 4.69) is 0 Å². The largest absolute Gasteiger partial charge is 0.478 e. The van der Waals surface area contributed by atoms with Gasteiger partial charge >= 0.3 is 5.97 Å². The van der Waals surface area contributed by atoms with Crippen LogP contribution in [0.5, 0.6) is 0 Å². The second kappa shape index (κ2) is 6.26. The molecule has 0 unspecified atom stereocenters. The molecule has 18 heavy (non-hydrogen) atoms. The van der Waals surface area contributed by atoms with Gasteiger partial charge < -0.3 is 20.5 Å². The molecule has 0 saturated heterocycles. The predicted molar refractivity (Wildman–Crippen MR) is 72.2 cm³/mol. The Labute approximate surface area is 107 Å². The van der Waals surface area contributed by atoms with Crippen LogP contribution in [0.4, 0.5) is 11.4 Å². The van der Waals surface area contributed by atoms with Gasteiger partial charge in [-0.25, -0.2) is 4.79 Å². The van der Waals surface area contributed by atoms with Crippen molar-refractivity contribution >= 4 is 17.3 Å². The molecular formula is C13H20N2O3. The number of para-hydroxylation sites is 1. The summed E-state index contributed by atoms with van der Waals surface area (Å²) in [6.07, 6.45) is 0.182. The monoisotopic (exact) mass is 252 g/mol. The smallest absolute Gasteiger partial charge is 0.337 e. The predicted octanol–water partition coefficient (Wildman–Crippen LogP) is 1.83. The first-order chi connectivity index (χ1) is 8.43. The summed E-state index contributed by atoms with van der Waals surface area (Å²) in [5, 5.41) is 9.00. The van der Waals surface area contributed by atoms with Crippen LogP contribution in [0.3, 0.4) is 0 Å². The van der Waals surface area contributed by atoms with Crippen LogP contribution in [0.1, 0.15) is 24.2 Å². The summed E-state index contributed by atoms with van der Waals surface area (Å²) in [7, 11) is 1.86. The van der Waals surface area contributed by atoms with Gasteiger partial charge in [0.2, 0.25) is 0 Å². The van der Waals surface area contributed by atoms with Crippen LogP contribution >= 0.6 is 0 Å². The van der Waals surface area contributed by atoms with E-state index in [1.54, 1.807) is 12.1 Å². The summed E-state index contributed by atoms with van der Waals surface area (Å²) >= 11 is 0. The Morgan fingerprint density at radius 3 is 2.72 bits per heavy atom. The third-order valence-corrected chi connectivity index (χ3v) is 2.60. The number of carboxylic acid groups (broad SMARTS) is 1. The van der Waals surface area contributed by atoms with Crippen LogP contribution < -0.4 is 10.6 Å². The molecule has 1 aromatic carbocycles. The molecule has 0 heterocycles. The number of aromatic carboxylic acids is 1. The maximum Gasteiger partial charge on any atom is 0.337 e. The van der Waals surface area contributed by atoms with E-state index in [4.69, 9.17) is 15.6 Å². The van der Waals surface area contributed by atoms with Crippen LogP contribution in [-0.4, -0.2) is 37.4 Å². The topological polar surface area (TPSA) is 75.8 Å². The first-order valence-electron chi connectivity index (χ1n) is 5.88. The van der Waals surface area contributed by atoms with Crippen molar-refractivity contribution in [2.24, 2.45) is 0 Å². The first kappa shape index (κ1) is 14.3. The van der Waals surface area contributed by atoms with E-state index in [-0.39, 0.29) is 17.4 Å². The molecule has 0 spiro atoms. The second-order valence-corrected chi connectivity index (χ2v) is 4.38. The van der Waals surface area contributed by atoms with E-state index in [1.165, 1.54) is 6.07 Å². The third kappa shape index (κ3) is 3.63. The maximum absolute atomic E-state index is 11.0. The Balaban J connectivity index is 2.76. The van der Waals surface area contributed by atoms with Crippen LogP contribution in [0.2, 0.25) is 0 Å². The van der Waals surface area contributed by atoms with Gasteiger partial charge in [0.1, 0.15) is 0 Å². The summed E-state index contributed by atoms with van der Waals surface area (Å²) in [5.74, 6) is -1.01. The van der Waals surface area contributed by atoms with Gasteiger partial charge in [0.25, 0.3) is 0 Å². The molecule has 1 rings (SSSR count). The van der Waals surface area contributed by atoms with Crippen molar-refractivity contribution < 1.29 is 14.6 Å². The standard InChI is InChI=1S/C13H20N2O3/c1-9(2)18-8-7-15(3)11-6-4-5-10(12(11)14)13(16)17/h4-6,9H,7-8,14H2,1-3H3,(H,16,17). The van der Waals surface area contributed by atoms with Crippen molar-refractivity contribution in [3.05, 3.63) is 23.8 Å². The minimum Gasteiger partial charge on any atom is -0.478 e. The highest BCUT2D eigenvalue weighted by atomic mass is 16.5. The number of nitrogen functional groups attached to an aromatic ring is 1. The minimum absolute atomic E-state index is 0.129. The minimum atomic E-state index is -1.01. The highest BCUT2D eigenvalue weighted by molar-refractivity contribution is 5.97. The molecule has 0 aromatic heterocycles. The van der Waals surface area contributed by atoms with Crippen molar-refractivity contribution in [2.75, 3.05) is 30.8 Å². The fraction of sp³-hybridized carbons (Fsp3) is 0.462. The SMILES string of the molecule is CC(C)OCCN(C)c1cccc(C(=O)O)c1N. The molecule has 0 fully saturated rings. The summed E-state index contributed by atoms with van der Waals surface area (Å²) in [5.41, 5.74) is 6.98. The number of hydrogen-bond acceptors (Lipinski definition) is 4. The molecule has 3 N–H and O–H groups in total. The molecule has 0 amide bonds. The average molecular weight is 252 g/mol. The number of anilines is 2. The van der Waals surface area contributed by atoms with Gasteiger partial charge in [0, 0.05) is 13.6 Å². The van der Waals surface area contributed by atoms with Gasteiger partial charge in [-0.15, -0.1) is 0 Å². The molecule has 0 aliphatic heterocycles. The highest BCUT2D eigenvalue weighted by Gasteiger charge is 2.13. The van der Waals surface area contributed by atoms with Crippen molar-refractivity contribution in [3.63, 3.8) is 0 Å². The number of nitrogens with two attached hydrogens (primary N) is 1. The summed E-state index contributed by atoms with van der Waals surface area (Å²) in [6, 6.07) is 4.99. The maximum atomic E-state index is 11.0. The number of hydrogen-bond donors (Lipinski definition) is 2. The highest BCUT2D eigenvalue weighted by Crippen LogP contribution is 2.25. The zero-order valence-corrected chi connectivity index (χ0v) is 11.0. The van der Waals surface area contributed by atoms with Crippen molar-refractivity contribution in [3.8, 4) is 0 Å². The fourth-order valence-electron chi connectivity index (χ4n) is 1.62. The summed E-state index contributed by atoms with van der Waals surface area (Å²) in [6.45, 7) is 5.18. The molecular weight excluding hydrogens is 232 g/mol. The van der Waals surface area contributed by atoms with Crippen LogP contribution in [0.15, 0.2) is 18.2 Å². The Morgan fingerprint density at radius 2 is 2.17 bits per heavy atom. The molecule has 0 radical (unpaired) electrons.